The van der Waals surface area contributed by atoms with Crippen molar-refractivity contribution >= 4 is 56.7 Å². The van der Waals surface area contributed by atoms with E-state index in [0.717, 1.165) is 16.7 Å². The van der Waals surface area contributed by atoms with Crippen LogP contribution in [0.2, 0.25) is 10.0 Å². The lowest BCUT2D eigenvalue weighted by Gasteiger charge is -2.33. The van der Waals surface area contributed by atoms with E-state index in [1.54, 1.807) is 48.5 Å². The average molecular weight is 752 g/mol. The van der Waals surface area contributed by atoms with Gasteiger partial charge in [-0.25, -0.2) is 22.7 Å². The minimum absolute atomic E-state index is 0.0752. The second-order valence-electron chi connectivity index (χ2n) is 11.5. The Balaban J connectivity index is 1.05. The zero-order valence-corrected chi connectivity index (χ0v) is 30.4. The molecule has 4 amide bonds. The number of hydrogen-bond donors (Lipinski definition) is 5. The summed E-state index contributed by atoms with van der Waals surface area (Å²) in [6.07, 6.45) is 0. The Labute approximate surface area is 303 Å². The van der Waals surface area contributed by atoms with Crippen LogP contribution in [-0.4, -0.2) is 98.2 Å². The lowest BCUT2D eigenvalue weighted by Crippen LogP contribution is -2.32. The van der Waals surface area contributed by atoms with Crippen LogP contribution >= 0.6 is 23.2 Å². The molecule has 272 valence electrons. The van der Waals surface area contributed by atoms with E-state index in [-0.39, 0.29) is 36.0 Å². The molecule has 16 heteroatoms. The second-order valence-corrected chi connectivity index (χ2v) is 14.1. The number of fused-ring (bicyclic) bond motifs is 1. The van der Waals surface area contributed by atoms with Gasteiger partial charge in [-0.05, 0) is 79.2 Å². The fourth-order valence-corrected chi connectivity index (χ4v) is 6.92. The highest BCUT2D eigenvalue weighted by molar-refractivity contribution is 7.89. The zero-order valence-electron chi connectivity index (χ0n) is 28.1. The summed E-state index contributed by atoms with van der Waals surface area (Å²) in [5, 5.41) is 11.9. The molecule has 0 spiro atoms. The number of nitrogens with zero attached hydrogens (tertiary/aromatic N) is 1. The number of amides is 4. The summed E-state index contributed by atoms with van der Waals surface area (Å²) in [5.41, 5.74) is 4.06. The van der Waals surface area contributed by atoms with Crippen LogP contribution in [0.25, 0.3) is 0 Å². The number of hydrogen-bond acceptors (Lipinski definition) is 8. The van der Waals surface area contributed by atoms with Crippen LogP contribution in [0.4, 0.5) is 21.0 Å². The molecule has 0 radical (unpaired) electrons. The van der Waals surface area contributed by atoms with Gasteiger partial charge in [0.2, 0.25) is 10.0 Å². The zero-order chi connectivity index (χ0) is 35.9. The van der Waals surface area contributed by atoms with Gasteiger partial charge in [0.1, 0.15) is 0 Å². The Bertz CT molecular complexity index is 1680. The summed E-state index contributed by atoms with van der Waals surface area (Å²) in [6.45, 7) is 5.95. The Hall–Kier alpha value is -3.47. The number of carbonyl (C=O) groups excluding carboxylic acids is 2. The van der Waals surface area contributed by atoms with Crippen molar-refractivity contribution in [2.45, 2.75) is 24.3 Å². The number of sulfonamides is 1. The van der Waals surface area contributed by atoms with E-state index in [1.807, 2.05) is 26.1 Å². The molecular formula is C34H44Cl2N6O7S. The first-order chi connectivity index (χ1) is 24.1. The predicted octanol–water partition coefficient (Wildman–Crippen LogP) is 4.86. The van der Waals surface area contributed by atoms with Crippen LogP contribution in [0.15, 0.2) is 65.6 Å². The molecule has 4 rings (SSSR count). The quantitative estimate of drug-likeness (QED) is 0.115. The molecule has 0 aliphatic carbocycles. The number of rotatable bonds is 18. The summed E-state index contributed by atoms with van der Waals surface area (Å²) in [5.74, 6) is -0.0752. The summed E-state index contributed by atoms with van der Waals surface area (Å²) < 4.78 is 45.2. The highest BCUT2D eigenvalue weighted by Gasteiger charge is 2.28. The molecule has 1 heterocycles. The lowest BCUT2D eigenvalue weighted by atomic mass is 9.85. The predicted molar refractivity (Wildman–Crippen MR) is 195 cm³/mol. The summed E-state index contributed by atoms with van der Waals surface area (Å²) >= 11 is 12.8. The van der Waals surface area contributed by atoms with Crippen molar-refractivity contribution in [3.8, 4) is 0 Å². The SMILES string of the molecule is CCNC(=O)Nc1ccc(NC(=O)NCCOCCOCCOCCNS(=O)(=O)c2cccc([C@@H]3CN(C)Cc4c(Cl)cc(Cl)cc43)c2)cc1. The molecule has 0 unspecified atom stereocenters. The largest absolute Gasteiger partial charge is 0.378 e. The first kappa shape index (κ1) is 39.3. The molecule has 50 heavy (non-hydrogen) atoms. The minimum Gasteiger partial charge on any atom is -0.378 e. The van der Waals surface area contributed by atoms with Gasteiger partial charge in [0.25, 0.3) is 0 Å². The number of nitrogens with one attached hydrogen (secondary N) is 5. The number of ether oxygens (including phenoxy) is 3. The van der Waals surface area contributed by atoms with Crippen molar-refractivity contribution in [2.75, 3.05) is 83.5 Å². The summed E-state index contributed by atoms with van der Waals surface area (Å²) in [7, 11) is -1.75. The van der Waals surface area contributed by atoms with E-state index in [4.69, 9.17) is 37.4 Å². The maximum Gasteiger partial charge on any atom is 0.319 e. The molecule has 0 fully saturated rings. The first-order valence-electron chi connectivity index (χ1n) is 16.2. The van der Waals surface area contributed by atoms with Crippen molar-refractivity contribution in [2.24, 2.45) is 0 Å². The third-order valence-corrected chi connectivity index (χ3v) is 9.63. The van der Waals surface area contributed by atoms with Gasteiger partial charge in [0.05, 0.1) is 44.5 Å². The molecule has 0 saturated carbocycles. The Morgan fingerprint density at radius 2 is 1.42 bits per heavy atom. The molecular weight excluding hydrogens is 707 g/mol. The van der Waals surface area contributed by atoms with Crippen LogP contribution < -0.4 is 26.0 Å². The number of urea groups is 2. The molecule has 5 N–H and O–H groups in total. The molecule has 1 aliphatic rings. The van der Waals surface area contributed by atoms with Gasteiger partial charge in [0, 0.05) is 60.1 Å². The highest BCUT2D eigenvalue weighted by atomic mass is 35.5. The minimum atomic E-state index is -3.76. The lowest BCUT2D eigenvalue weighted by molar-refractivity contribution is 0.0165. The van der Waals surface area contributed by atoms with Crippen molar-refractivity contribution in [1.82, 2.24) is 20.3 Å². The fourth-order valence-electron chi connectivity index (χ4n) is 5.29. The second kappa shape index (κ2) is 19.8. The van der Waals surface area contributed by atoms with E-state index in [0.29, 0.717) is 80.6 Å². The maximum absolute atomic E-state index is 13.0. The Morgan fingerprint density at radius 3 is 2.06 bits per heavy atom. The molecule has 0 saturated heterocycles. The van der Waals surface area contributed by atoms with Gasteiger partial charge < -0.3 is 40.4 Å². The number of anilines is 2. The van der Waals surface area contributed by atoms with Crippen LogP contribution in [0.3, 0.4) is 0 Å². The normalized spacial score (nSPS) is 14.5. The van der Waals surface area contributed by atoms with E-state index in [9.17, 15) is 18.0 Å². The topological polar surface area (TPSA) is 159 Å². The Kier molecular flexibility index (Phi) is 15.6. The molecule has 13 nitrogen and oxygen atoms in total. The van der Waals surface area contributed by atoms with Crippen LogP contribution in [0.1, 0.15) is 29.5 Å². The van der Waals surface area contributed by atoms with Crippen molar-refractivity contribution in [3.05, 3.63) is 87.4 Å². The number of halogens is 2. The summed E-state index contributed by atoms with van der Waals surface area (Å²) in [6, 6.07) is 16.6. The average Bonchev–Trinajstić information content (AvgIpc) is 3.08. The van der Waals surface area contributed by atoms with Gasteiger partial charge >= 0.3 is 12.1 Å². The highest BCUT2D eigenvalue weighted by Crippen LogP contribution is 2.38. The van der Waals surface area contributed by atoms with Gasteiger partial charge in [-0.2, -0.15) is 0 Å². The van der Waals surface area contributed by atoms with E-state index < -0.39 is 10.0 Å². The van der Waals surface area contributed by atoms with Crippen LogP contribution in [0.5, 0.6) is 0 Å². The van der Waals surface area contributed by atoms with Crippen molar-refractivity contribution in [3.63, 3.8) is 0 Å². The molecule has 3 aromatic rings. The number of benzene rings is 3. The summed E-state index contributed by atoms with van der Waals surface area (Å²) in [4.78, 5) is 26.0. The smallest absolute Gasteiger partial charge is 0.319 e. The Morgan fingerprint density at radius 1 is 0.820 bits per heavy atom. The molecule has 1 aliphatic heterocycles. The van der Waals surface area contributed by atoms with Crippen LogP contribution in [-0.2, 0) is 30.8 Å². The van der Waals surface area contributed by atoms with Gasteiger partial charge in [-0.3, -0.25) is 0 Å². The first-order valence-corrected chi connectivity index (χ1v) is 18.5. The monoisotopic (exact) mass is 750 g/mol. The van der Waals surface area contributed by atoms with E-state index in [2.05, 4.69) is 30.9 Å². The van der Waals surface area contributed by atoms with Gasteiger partial charge in [0.15, 0.2) is 0 Å². The third-order valence-electron chi connectivity index (χ3n) is 7.62. The van der Waals surface area contributed by atoms with Gasteiger partial charge in [-0.1, -0.05) is 35.3 Å². The van der Waals surface area contributed by atoms with Crippen molar-refractivity contribution in [1.29, 1.82) is 0 Å². The van der Waals surface area contributed by atoms with E-state index >= 15 is 0 Å². The molecule has 0 aromatic heterocycles. The van der Waals surface area contributed by atoms with Crippen LogP contribution in [0, 0.1) is 0 Å². The fraction of sp³-hybridized carbons (Fsp3) is 0.412. The standard InChI is InChI=1S/C34H44Cl2N6O7S/c1-3-37-33(43)40-26-7-9-27(10-8-26)41-34(44)38-11-13-47-15-17-49-18-16-48-14-12-39-50(45,46)28-6-4-5-24(19-28)30-22-42(2)23-31-29(30)20-25(35)21-32(31)36/h4-10,19-21,30,39H,3,11-18,22-23H2,1-2H3,(H2,37,40,43)(H2,38,41,44)/t30-/m0/s1. The van der Waals surface area contributed by atoms with Crippen molar-refractivity contribution < 1.29 is 32.2 Å². The molecule has 1 atom stereocenters. The number of likely N-dealkylation sites (N-methyl/N-ethyl adjacent to an activating group) is 1. The number of carbonyl (C=O) groups is 2. The maximum atomic E-state index is 13.0. The third kappa shape index (κ3) is 12.4. The molecule has 3 aromatic carbocycles. The van der Waals surface area contributed by atoms with E-state index in [1.165, 1.54) is 0 Å². The molecule has 0 bridgehead atoms. The van der Waals surface area contributed by atoms with Gasteiger partial charge in [-0.15, -0.1) is 0 Å².